The smallest absolute Gasteiger partial charge is 0.241 e. The van der Waals surface area contributed by atoms with Crippen molar-refractivity contribution in [1.82, 2.24) is 10.6 Å². The number of carbonyl (C=O) groups is 2. The molecule has 0 radical (unpaired) electrons. The number of nitrogens with zero attached hydrogens (tertiary/aromatic N) is 1. The lowest BCUT2D eigenvalue weighted by molar-refractivity contribution is -0.123. The van der Waals surface area contributed by atoms with Crippen molar-refractivity contribution in [1.29, 1.82) is 0 Å². The van der Waals surface area contributed by atoms with Crippen LogP contribution in [0.4, 0.5) is 5.69 Å². The van der Waals surface area contributed by atoms with Gasteiger partial charge in [0.05, 0.1) is 0 Å². The fourth-order valence-corrected chi connectivity index (χ4v) is 3.65. The van der Waals surface area contributed by atoms with E-state index in [1.807, 2.05) is 53.4 Å². The van der Waals surface area contributed by atoms with Gasteiger partial charge in [0, 0.05) is 31.2 Å². The zero-order valence-electron chi connectivity index (χ0n) is 16.1. The molecule has 5 heteroatoms. The molecule has 1 aliphatic heterocycles. The summed E-state index contributed by atoms with van der Waals surface area (Å²) >= 11 is 0. The number of amides is 2. The number of rotatable bonds is 7. The van der Waals surface area contributed by atoms with Gasteiger partial charge in [-0.2, -0.15) is 0 Å². The summed E-state index contributed by atoms with van der Waals surface area (Å²) in [6.07, 6.45) is 4.79. The largest absolute Gasteiger partial charge is 0.352 e. The Morgan fingerprint density at radius 1 is 1.07 bits per heavy atom. The van der Waals surface area contributed by atoms with Crippen LogP contribution in [0.1, 0.15) is 49.3 Å². The zero-order valence-corrected chi connectivity index (χ0v) is 16.1. The molecule has 2 aliphatic rings. The number of carbonyl (C=O) groups excluding carboxylic acids is 2. The highest BCUT2D eigenvalue weighted by Crippen LogP contribution is 2.24. The number of benzene rings is 2. The first-order valence-electron chi connectivity index (χ1n) is 10.2. The van der Waals surface area contributed by atoms with Crippen molar-refractivity contribution in [3.05, 3.63) is 65.7 Å². The molecule has 146 valence electrons. The first-order chi connectivity index (χ1) is 13.7. The van der Waals surface area contributed by atoms with E-state index in [9.17, 15) is 9.59 Å². The van der Waals surface area contributed by atoms with E-state index in [0.29, 0.717) is 19.0 Å². The molecule has 1 aliphatic carbocycles. The maximum absolute atomic E-state index is 12.7. The van der Waals surface area contributed by atoms with Crippen LogP contribution in [0.3, 0.4) is 0 Å². The van der Waals surface area contributed by atoms with Crippen molar-refractivity contribution < 1.29 is 9.59 Å². The summed E-state index contributed by atoms with van der Waals surface area (Å²) in [5, 5.41) is 6.51. The van der Waals surface area contributed by atoms with Crippen molar-refractivity contribution in [3.63, 3.8) is 0 Å². The summed E-state index contributed by atoms with van der Waals surface area (Å²) in [6.45, 7) is 1.35. The molecular formula is C23H27N3O2. The topological polar surface area (TPSA) is 61.4 Å². The monoisotopic (exact) mass is 377 g/mol. The van der Waals surface area contributed by atoms with Gasteiger partial charge in [0.2, 0.25) is 11.8 Å². The Morgan fingerprint density at radius 3 is 2.64 bits per heavy atom. The van der Waals surface area contributed by atoms with Crippen LogP contribution in [-0.2, 0) is 16.1 Å². The molecule has 2 aromatic carbocycles. The van der Waals surface area contributed by atoms with E-state index in [4.69, 9.17) is 0 Å². The molecule has 4 rings (SSSR count). The van der Waals surface area contributed by atoms with Crippen molar-refractivity contribution in [2.45, 2.75) is 50.7 Å². The number of nitrogens with one attached hydrogen (secondary N) is 2. The number of hydrogen-bond donors (Lipinski definition) is 2. The van der Waals surface area contributed by atoms with E-state index < -0.39 is 0 Å². The van der Waals surface area contributed by atoms with Gasteiger partial charge in [-0.1, -0.05) is 42.5 Å². The summed E-state index contributed by atoms with van der Waals surface area (Å²) in [7, 11) is 0. The lowest BCUT2D eigenvalue weighted by atomic mass is 10.0. The molecule has 1 atom stereocenters. The van der Waals surface area contributed by atoms with Gasteiger partial charge < -0.3 is 10.2 Å². The van der Waals surface area contributed by atoms with E-state index in [2.05, 4.69) is 16.7 Å². The molecule has 0 unspecified atom stereocenters. The minimum atomic E-state index is -0.387. The summed E-state index contributed by atoms with van der Waals surface area (Å²) < 4.78 is 0. The Balaban J connectivity index is 1.46. The van der Waals surface area contributed by atoms with Crippen LogP contribution in [0.5, 0.6) is 0 Å². The van der Waals surface area contributed by atoms with Crippen LogP contribution in [-0.4, -0.2) is 24.4 Å². The minimum Gasteiger partial charge on any atom is -0.352 e. The van der Waals surface area contributed by atoms with E-state index in [0.717, 1.165) is 49.0 Å². The molecule has 1 heterocycles. The standard InChI is InChI=1S/C23H27N3O2/c27-21-11-4-5-14-26(21)20-10-6-7-17(15-20)16-24-22(18-8-2-1-3-9-18)23(28)25-19-12-13-19/h1-3,6-10,15,19,22,24H,4-5,11-14,16H2,(H,25,28)/t22-/m1/s1. The van der Waals surface area contributed by atoms with E-state index >= 15 is 0 Å². The summed E-state index contributed by atoms with van der Waals surface area (Å²) in [5.74, 6) is 0.221. The molecule has 5 nitrogen and oxygen atoms in total. The SMILES string of the molecule is O=C(NC1CC1)[C@H](NCc1cccc(N2CCCCC2=O)c1)c1ccccc1. The molecule has 1 saturated carbocycles. The average Bonchev–Trinajstić information content (AvgIpc) is 3.53. The van der Waals surface area contributed by atoms with Gasteiger partial charge in [0.15, 0.2) is 0 Å². The molecule has 2 amide bonds. The number of hydrogen-bond acceptors (Lipinski definition) is 3. The van der Waals surface area contributed by atoms with Gasteiger partial charge in [-0.25, -0.2) is 0 Å². The van der Waals surface area contributed by atoms with E-state index in [1.54, 1.807) is 0 Å². The van der Waals surface area contributed by atoms with Crippen molar-refractivity contribution in [2.75, 3.05) is 11.4 Å². The zero-order chi connectivity index (χ0) is 19.3. The normalized spacial score (nSPS) is 18.0. The second kappa shape index (κ2) is 8.57. The fourth-order valence-electron chi connectivity index (χ4n) is 3.65. The minimum absolute atomic E-state index is 0.0241. The van der Waals surface area contributed by atoms with Gasteiger partial charge in [-0.15, -0.1) is 0 Å². The molecule has 2 fully saturated rings. The predicted molar refractivity (Wildman–Crippen MR) is 110 cm³/mol. The van der Waals surface area contributed by atoms with Gasteiger partial charge in [-0.3, -0.25) is 14.9 Å². The number of anilines is 1. The Bertz CT molecular complexity index is 833. The summed E-state index contributed by atoms with van der Waals surface area (Å²) in [4.78, 5) is 26.8. The molecule has 0 spiro atoms. The van der Waals surface area contributed by atoms with Crippen molar-refractivity contribution in [2.24, 2.45) is 0 Å². The lowest BCUT2D eigenvalue weighted by Gasteiger charge is -2.27. The molecule has 0 aromatic heterocycles. The first kappa shape index (κ1) is 18.7. The molecule has 2 N–H and O–H groups in total. The highest BCUT2D eigenvalue weighted by Gasteiger charge is 2.28. The Hall–Kier alpha value is -2.66. The van der Waals surface area contributed by atoms with Crippen LogP contribution in [0.25, 0.3) is 0 Å². The maximum Gasteiger partial charge on any atom is 0.241 e. The van der Waals surface area contributed by atoms with Gasteiger partial charge in [0.1, 0.15) is 6.04 Å². The third-order valence-electron chi connectivity index (χ3n) is 5.37. The molecule has 0 bridgehead atoms. The van der Waals surface area contributed by atoms with Crippen LogP contribution in [0.2, 0.25) is 0 Å². The second-order valence-electron chi connectivity index (χ2n) is 7.68. The second-order valence-corrected chi connectivity index (χ2v) is 7.68. The fraction of sp³-hybridized carbons (Fsp3) is 0.391. The highest BCUT2D eigenvalue weighted by atomic mass is 16.2. The van der Waals surface area contributed by atoms with Crippen molar-refractivity contribution in [3.8, 4) is 0 Å². The van der Waals surface area contributed by atoms with Crippen LogP contribution >= 0.6 is 0 Å². The third kappa shape index (κ3) is 4.60. The quantitative estimate of drug-likeness (QED) is 0.778. The average molecular weight is 377 g/mol. The Labute approximate surface area is 166 Å². The van der Waals surface area contributed by atoms with E-state index in [1.165, 1.54) is 0 Å². The first-order valence-corrected chi connectivity index (χ1v) is 10.2. The third-order valence-corrected chi connectivity index (χ3v) is 5.37. The predicted octanol–water partition coefficient (Wildman–Crippen LogP) is 3.31. The summed E-state index contributed by atoms with van der Waals surface area (Å²) in [6, 6.07) is 17.8. The number of piperidine rings is 1. The molecule has 2 aromatic rings. The molecule has 1 saturated heterocycles. The van der Waals surface area contributed by atoms with Crippen LogP contribution in [0, 0.1) is 0 Å². The Morgan fingerprint density at radius 2 is 1.89 bits per heavy atom. The summed E-state index contributed by atoms with van der Waals surface area (Å²) in [5.41, 5.74) is 2.97. The molecule has 28 heavy (non-hydrogen) atoms. The van der Waals surface area contributed by atoms with Gasteiger partial charge >= 0.3 is 0 Å². The van der Waals surface area contributed by atoms with Crippen LogP contribution < -0.4 is 15.5 Å². The van der Waals surface area contributed by atoms with Gasteiger partial charge in [0.25, 0.3) is 0 Å². The maximum atomic E-state index is 12.7. The molecular weight excluding hydrogens is 350 g/mol. The highest BCUT2D eigenvalue weighted by molar-refractivity contribution is 5.94. The van der Waals surface area contributed by atoms with Crippen molar-refractivity contribution >= 4 is 17.5 Å². The van der Waals surface area contributed by atoms with Gasteiger partial charge in [-0.05, 0) is 48.9 Å². The lowest BCUT2D eigenvalue weighted by Crippen LogP contribution is -2.38. The van der Waals surface area contributed by atoms with E-state index in [-0.39, 0.29) is 17.9 Å². The van der Waals surface area contributed by atoms with Crippen LogP contribution in [0.15, 0.2) is 54.6 Å². The Kier molecular flexibility index (Phi) is 5.72.